The van der Waals surface area contributed by atoms with Gasteiger partial charge in [0.05, 0.1) is 15.3 Å². The number of rotatable bonds is 3. The number of anilines is 1. The topological polar surface area (TPSA) is 76.4 Å². The molecule has 0 amide bonds. The number of sulfonamides is 1. The van der Waals surface area contributed by atoms with E-state index in [9.17, 15) is 13.2 Å². The SMILES string of the molecule is Cc1ccc(S(=O)(=O)Nc2ccc3oc(=O)sc3c2)cc1. The number of fused-ring (bicyclic) bond motifs is 1. The molecule has 3 aromatic rings. The van der Waals surface area contributed by atoms with E-state index < -0.39 is 15.0 Å². The van der Waals surface area contributed by atoms with Gasteiger partial charge in [0.15, 0.2) is 0 Å². The molecular formula is C14H11NO4S2. The van der Waals surface area contributed by atoms with Crippen LogP contribution in [0.3, 0.4) is 0 Å². The van der Waals surface area contributed by atoms with E-state index in [4.69, 9.17) is 4.42 Å². The summed E-state index contributed by atoms with van der Waals surface area (Å²) in [4.78, 5) is 10.9. The third kappa shape index (κ3) is 2.84. The molecule has 5 nitrogen and oxygen atoms in total. The van der Waals surface area contributed by atoms with Crippen molar-refractivity contribution < 1.29 is 12.8 Å². The number of aryl methyl sites for hydroxylation is 1. The average Bonchev–Trinajstić information content (AvgIpc) is 2.78. The average molecular weight is 321 g/mol. The third-order valence-electron chi connectivity index (χ3n) is 2.91. The van der Waals surface area contributed by atoms with Crippen LogP contribution in [-0.2, 0) is 10.0 Å². The second-order valence-electron chi connectivity index (χ2n) is 4.53. The van der Waals surface area contributed by atoms with E-state index in [0.29, 0.717) is 16.0 Å². The van der Waals surface area contributed by atoms with E-state index in [1.54, 1.807) is 42.5 Å². The van der Waals surface area contributed by atoms with Crippen molar-refractivity contribution in [3.8, 4) is 0 Å². The number of hydrogen-bond donors (Lipinski definition) is 1. The zero-order valence-corrected chi connectivity index (χ0v) is 12.6. The van der Waals surface area contributed by atoms with E-state index in [-0.39, 0.29) is 4.90 Å². The lowest BCUT2D eigenvalue weighted by molar-refractivity contribution is 0.585. The highest BCUT2D eigenvalue weighted by Gasteiger charge is 2.14. The van der Waals surface area contributed by atoms with Gasteiger partial charge in [-0.3, -0.25) is 4.72 Å². The van der Waals surface area contributed by atoms with Crippen molar-refractivity contribution in [2.75, 3.05) is 4.72 Å². The Balaban J connectivity index is 1.96. The summed E-state index contributed by atoms with van der Waals surface area (Å²) in [5.41, 5.74) is 1.82. The maximum absolute atomic E-state index is 12.3. The minimum Gasteiger partial charge on any atom is -0.414 e. The first-order chi connectivity index (χ1) is 9.94. The Kier molecular flexibility index (Phi) is 3.30. The van der Waals surface area contributed by atoms with Crippen LogP contribution in [0.15, 0.2) is 56.6 Å². The summed E-state index contributed by atoms with van der Waals surface area (Å²) in [6, 6.07) is 11.3. The van der Waals surface area contributed by atoms with Crippen molar-refractivity contribution in [2.45, 2.75) is 11.8 Å². The molecule has 0 aliphatic heterocycles. The number of nitrogens with one attached hydrogen (secondary N) is 1. The normalized spacial score (nSPS) is 11.7. The molecule has 0 unspecified atom stereocenters. The fourth-order valence-electron chi connectivity index (χ4n) is 1.87. The number of hydrogen-bond acceptors (Lipinski definition) is 5. The van der Waals surface area contributed by atoms with E-state index >= 15 is 0 Å². The highest BCUT2D eigenvalue weighted by molar-refractivity contribution is 7.92. The molecule has 0 saturated carbocycles. The molecule has 1 N–H and O–H groups in total. The predicted octanol–water partition coefficient (Wildman–Crippen LogP) is 2.96. The Morgan fingerprint density at radius 3 is 2.52 bits per heavy atom. The van der Waals surface area contributed by atoms with Crippen LogP contribution in [0.4, 0.5) is 5.69 Å². The quantitative estimate of drug-likeness (QED) is 0.804. The molecule has 21 heavy (non-hydrogen) atoms. The second-order valence-corrected chi connectivity index (χ2v) is 7.19. The monoisotopic (exact) mass is 321 g/mol. The summed E-state index contributed by atoms with van der Waals surface area (Å²) < 4.78 is 32.6. The van der Waals surface area contributed by atoms with Crippen LogP contribution in [0.1, 0.15) is 5.56 Å². The first-order valence-electron chi connectivity index (χ1n) is 6.07. The summed E-state index contributed by atoms with van der Waals surface area (Å²) >= 11 is 0.933. The molecule has 1 aromatic heterocycles. The lowest BCUT2D eigenvalue weighted by Gasteiger charge is -2.08. The maximum Gasteiger partial charge on any atom is 0.396 e. The summed E-state index contributed by atoms with van der Waals surface area (Å²) in [5.74, 6) is 0. The van der Waals surface area contributed by atoms with Gasteiger partial charge in [-0.2, -0.15) is 0 Å². The molecule has 0 radical (unpaired) electrons. The van der Waals surface area contributed by atoms with Crippen LogP contribution >= 0.6 is 11.3 Å². The Morgan fingerprint density at radius 2 is 1.81 bits per heavy atom. The fourth-order valence-corrected chi connectivity index (χ4v) is 3.62. The van der Waals surface area contributed by atoms with Crippen LogP contribution < -0.4 is 9.66 Å². The van der Waals surface area contributed by atoms with Crippen molar-refractivity contribution in [1.82, 2.24) is 0 Å². The predicted molar refractivity (Wildman–Crippen MR) is 82.3 cm³/mol. The zero-order chi connectivity index (χ0) is 15.0. The van der Waals surface area contributed by atoms with Crippen LogP contribution in [0.25, 0.3) is 10.3 Å². The van der Waals surface area contributed by atoms with E-state index in [2.05, 4.69) is 4.72 Å². The Hall–Kier alpha value is -2.12. The molecule has 108 valence electrons. The van der Waals surface area contributed by atoms with E-state index in [0.717, 1.165) is 16.9 Å². The molecule has 2 aromatic carbocycles. The molecular weight excluding hydrogens is 310 g/mol. The Morgan fingerprint density at radius 1 is 1.10 bits per heavy atom. The molecule has 1 heterocycles. The lowest BCUT2D eigenvalue weighted by Crippen LogP contribution is -2.12. The van der Waals surface area contributed by atoms with Gasteiger partial charge >= 0.3 is 4.94 Å². The van der Waals surface area contributed by atoms with E-state index in [1.165, 1.54) is 0 Å². The standard InChI is InChI=1S/C14H11NO4S2/c1-9-2-5-11(6-3-9)21(17,18)15-10-4-7-12-13(8-10)20-14(16)19-12/h2-8,15H,1H3. The summed E-state index contributed by atoms with van der Waals surface area (Å²) in [5, 5.41) is 0. The zero-order valence-electron chi connectivity index (χ0n) is 11.0. The molecule has 0 aliphatic carbocycles. The van der Waals surface area contributed by atoms with Crippen molar-refractivity contribution >= 4 is 37.3 Å². The molecule has 0 fully saturated rings. The second kappa shape index (κ2) is 5.01. The molecule has 0 spiro atoms. The molecule has 0 aliphatic rings. The third-order valence-corrected chi connectivity index (χ3v) is 5.10. The van der Waals surface area contributed by atoms with Gasteiger partial charge in [0.25, 0.3) is 10.0 Å². The molecule has 7 heteroatoms. The Labute approximate surface area is 124 Å². The van der Waals surface area contributed by atoms with Crippen molar-refractivity contribution in [1.29, 1.82) is 0 Å². The molecule has 0 bridgehead atoms. The highest BCUT2D eigenvalue weighted by atomic mass is 32.2. The van der Waals surface area contributed by atoms with Gasteiger partial charge in [-0.1, -0.05) is 29.0 Å². The van der Waals surface area contributed by atoms with Gasteiger partial charge in [-0.25, -0.2) is 13.2 Å². The van der Waals surface area contributed by atoms with E-state index in [1.807, 2.05) is 6.92 Å². The van der Waals surface area contributed by atoms with Crippen molar-refractivity contribution in [2.24, 2.45) is 0 Å². The fraction of sp³-hybridized carbons (Fsp3) is 0.0714. The minimum absolute atomic E-state index is 0.188. The Bertz CT molecular complexity index is 953. The van der Waals surface area contributed by atoms with Gasteiger partial charge in [0.1, 0.15) is 5.58 Å². The van der Waals surface area contributed by atoms with Crippen molar-refractivity contribution in [3.63, 3.8) is 0 Å². The van der Waals surface area contributed by atoms with Gasteiger partial charge < -0.3 is 4.42 Å². The first-order valence-corrected chi connectivity index (χ1v) is 8.37. The van der Waals surface area contributed by atoms with Crippen LogP contribution in [0.5, 0.6) is 0 Å². The van der Waals surface area contributed by atoms with Gasteiger partial charge in [-0.05, 0) is 37.3 Å². The number of benzene rings is 2. The lowest BCUT2D eigenvalue weighted by atomic mass is 10.2. The van der Waals surface area contributed by atoms with Crippen LogP contribution in [-0.4, -0.2) is 8.42 Å². The largest absolute Gasteiger partial charge is 0.414 e. The minimum atomic E-state index is -3.65. The molecule has 0 saturated heterocycles. The molecule has 3 rings (SSSR count). The van der Waals surface area contributed by atoms with Crippen LogP contribution in [0.2, 0.25) is 0 Å². The van der Waals surface area contributed by atoms with Crippen molar-refractivity contribution in [3.05, 3.63) is 57.8 Å². The van der Waals surface area contributed by atoms with Crippen LogP contribution in [0, 0.1) is 6.92 Å². The summed E-state index contributed by atoms with van der Waals surface area (Å²) in [6.45, 7) is 1.89. The highest BCUT2D eigenvalue weighted by Crippen LogP contribution is 2.23. The van der Waals surface area contributed by atoms with Gasteiger partial charge in [0.2, 0.25) is 0 Å². The summed E-state index contributed by atoms with van der Waals surface area (Å²) in [7, 11) is -3.65. The van der Waals surface area contributed by atoms with Gasteiger partial charge in [0, 0.05) is 0 Å². The smallest absolute Gasteiger partial charge is 0.396 e. The maximum atomic E-state index is 12.3. The van der Waals surface area contributed by atoms with Gasteiger partial charge in [-0.15, -0.1) is 0 Å². The summed E-state index contributed by atoms with van der Waals surface area (Å²) in [6.07, 6.45) is 0. The molecule has 0 atom stereocenters. The first kappa shape index (κ1) is 13.8.